The molecule has 3 rings (SSSR count). The first-order valence-corrected chi connectivity index (χ1v) is 12.2. The lowest BCUT2D eigenvalue weighted by Gasteiger charge is -2.14. The Labute approximate surface area is 224 Å². The van der Waals surface area contributed by atoms with Gasteiger partial charge in [0.2, 0.25) is 0 Å². The van der Waals surface area contributed by atoms with E-state index in [0.29, 0.717) is 32.0 Å². The Morgan fingerprint density at radius 2 is 1.75 bits per heavy atom. The van der Waals surface area contributed by atoms with E-state index in [9.17, 15) is 14.9 Å². The van der Waals surface area contributed by atoms with Gasteiger partial charge in [-0.05, 0) is 102 Å². The van der Waals surface area contributed by atoms with Crippen LogP contribution >= 0.6 is 22.6 Å². The molecule has 8 heteroatoms. The van der Waals surface area contributed by atoms with Crippen molar-refractivity contribution in [2.45, 2.75) is 20.8 Å². The number of amides is 2. The number of nitrogens with zero attached hydrogens (tertiary/aromatic N) is 1. The maximum atomic E-state index is 12.7. The fourth-order valence-electron chi connectivity index (χ4n) is 3.34. The smallest absolute Gasteiger partial charge is 0.266 e. The number of aryl methyl sites for hydroxylation is 3. The molecule has 0 aromatic heterocycles. The minimum absolute atomic E-state index is 0.0578. The van der Waals surface area contributed by atoms with Crippen molar-refractivity contribution in [3.63, 3.8) is 0 Å². The van der Waals surface area contributed by atoms with E-state index in [1.165, 1.54) is 13.2 Å². The van der Waals surface area contributed by atoms with E-state index in [-0.39, 0.29) is 18.1 Å². The second-order valence-electron chi connectivity index (χ2n) is 8.11. The van der Waals surface area contributed by atoms with Crippen molar-refractivity contribution in [2.75, 3.05) is 24.4 Å². The molecule has 0 heterocycles. The van der Waals surface area contributed by atoms with Crippen molar-refractivity contribution >= 4 is 51.9 Å². The molecular formula is C28H26IN3O4. The van der Waals surface area contributed by atoms with Crippen LogP contribution in [0, 0.1) is 35.7 Å². The van der Waals surface area contributed by atoms with Gasteiger partial charge < -0.3 is 20.1 Å². The number of hydrogen-bond acceptors (Lipinski definition) is 5. The van der Waals surface area contributed by atoms with E-state index in [0.717, 1.165) is 16.7 Å². The molecule has 0 radical (unpaired) electrons. The molecule has 2 N–H and O–H groups in total. The molecule has 184 valence electrons. The van der Waals surface area contributed by atoms with Crippen molar-refractivity contribution in [1.29, 1.82) is 5.26 Å². The van der Waals surface area contributed by atoms with Crippen LogP contribution in [0.1, 0.15) is 22.3 Å². The minimum atomic E-state index is -0.510. The first-order chi connectivity index (χ1) is 17.2. The Bertz CT molecular complexity index is 1380. The molecule has 0 aliphatic heterocycles. The number of methoxy groups -OCH3 is 1. The molecule has 0 saturated heterocycles. The molecule has 2 amide bonds. The van der Waals surface area contributed by atoms with Crippen molar-refractivity contribution in [2.24, 2.45) is 0 Å². The molecule has 3 aromatic rings. The number of nitriles is 1. The summed E-state index contributed by atoms with van der Waals surface area (Å²) in [5.74, 6) is -0.0408. The molecule has 36 heavy (non-hydrogen) atoms. The van der Waals surface area contributed by atoms with E-state index in [4.69, 9.17) is 9.47 Å². The Morgan fingerprint density at radius 3 is 2.42 bits per heavy atom. The summed E-state index contributed by atoms with van der Waals surface area (Å²) < 4.78 is 11.9. The average molecular weight is 595 g/mol. The van der Waals surface area contributed by atoms with Crippen LogP contribution in [0.2, 0.25) is 0 Å². The van der Waals surface area contributed by atoms with E-state index in [2.05, 4.69) is 33.2 Å². The van der Waals surface area contributed by atoms with Crippen molar-refractivity contribution in [1.82, 2.24) is 0 Å². The summed E-state index contributed by atoms with van der Waals surface area (Å²) in [4.78, 5) is 25.1. The monoisotopic (exact) mass is 595 g/mol. The number of rotatable bonds is 8. The summed E-state index contributed by atoms with van der Waals surface area (Å²) in [5, 5.41) is 15.2. The van der Waals surface area contributed by atoms with Crippen molar-refractivity contribution in [3.8, 4) is 17.6 Å². The lowest BCUT2D eigenvalue weighted by Crippen LogP contribution is -2.20. The van der Waals surface area contributed by atoms with Crippen LogP contribution in [-0.4, -0.2) is 25.5 Å². The molecule has 0 saturated carbocycles. The average Bonchev–Trinajstić information content (AvgIpc) is 2.85. The predicted octanol–water partition coefficient (Wildman–Crippen LogP) is 5.79. The summed E-state index contributed by atoms with van der Waals surface area (Å²) in [7, 11) is 1.48. The molecule has 0 atom stereocenters. The maximum Gasteiger partial charge on any atom is 0.266 e. The molecule has 0 bridgehead atoms. The van der Waals surface area contributed by atoms with E-state index < -0.39 is 5.91 Å². The summed E-state index contributed by atoms with van der Waals surface area (Å²) >= 11 is 2.06. The van der Waals surface area contributed by atoms with Gasteiger partial charge in [0.05, 0.1) is 10.7 Å². The van der Waals surface area contributed by atoms with Gasteiger partial charge in [0.15, 0.2) is 18.1 Å². The molecule has 0 aliphatic rings. The van der Waals surface area contributed by atoms with Gasteiger partial charge in [-0.1, -0.05) is 24.3 Å². The number of benzene rings is 3. The lowest BCUT2D eigenvalue weighted by molar-refractivity contribution is -0.118. The number of carbonyl (C=O) groups is 2. The molecule has 0 spiro atoms. The van der Waals surface area contributed by atoms with Crippen LogP contribution in [0.5, 0.6) is 11.5 Å². The summed E-state index contributed by atoms with van der Waals surface area (Å²) in [5.41, 5.74) is 4.97. The summed E-state index contributed by atoms with van der Waals surface area (Å²) in [6.45, 7) is 5.65. The third kappa shape index (κ3) is 6.86. The number of anilines is 2. The zero-order valence-electron chi connectivity index (χ0n) is 20.4. The third-order valence-corrected chi connectivity index (χ3v) is 6.26. The molecule has 7 nitrogen and oxygen atoms in total. The number of carbonyl (C=O) groups excluding carboxylic acids is 2. The summed E-state index contributed by atoms with van der Waals surface area (Å²) in [6, 6.07) is 18.4. The first kappa shape index (κ1) is 26.8. The first-order valence-electron chi connectivity index (χ1n) is 11.1. The van der Waals surface area contributed by atoms with Crippen LogP contribution in [0.25, 0.3) is 6.08 Å². The SMILES string of the molecule is COc1cc(/C=C(/C#N)C(=O)Nc2ccccc2C)cc(I)c1OCC(=O)Nc1ccc(C)c(C)c1. The van der Waals surface area contributed by atoms with Gasteiger partial charge in [0.1, 0.15) is 11.6 Å². The largest absolute Gasteiger partial charge is 0.493 e. The van der Waals surface area contributed by atoms with Gasteiger partial charge in [0.25, 0.3) is 11.8 Å². The van der Waals surface area contributed by atoms with Crippen LogP contribution in [0.15, 0.2) is 60.2 Å². The Morgan fingerprint density at radius 1 is 1.00 bits per heavy atom. The van der Waals surface area contributed by atoms with E-state index in [1.54, 1.807) is 18.2 Å². The van der Waals surface area contributed by atoms with Gasteiger partial charge in [0, 0.05) is 11.4 Å². The zero-order chi connectivity index (χ0) is 26.2. The number of nitrogens with one attached hydrogen (secondary N) is 2. The number of ether oxygens (including phenoxy) is 2. The van der Waals surface area contributed by atoms with Gasteiger partial charge in [-0.15, -0.1) is 0 Å². The van der Waals surface area contributed by atoms with Gasteiger partial charge in [-0.2, -0.15) is 5.26 Å². The predicted molar refractivity (Wildman–Crippen MR) is 149 cm³/mol. The Hall–Kier alpha value is -3.84. The minimum Gasteiger partial charge on any atom is -0.493 e. The molecule has 0 fully saturated rings. The summed E-state index contributed by atoms with van der Waals surface area (Å²) in [6.07, 6.45) is 1.48. The van der Waals surface area contributed by atoms with Crippen molar-refractivity contribution < 1.29 is 19.1 Å². The fourth-order valence-corrected chi connectivity index (χ4v) is 4.12. The molecule has 3 aromatic carbocycles. The number of hydrogen-bond donors (Lipinski definition) is 2. The normalized spacial score (nSPS) is 10.8. The van der Waals surface area contributed by atoms with Crippen LogP contribution < -0.4 is 20.1 Å². The highest BCUT2D eigenvalue weighted by Gasteiger charge is 2.16. The maximum absolute atomic E-state index is 12.7. The zero-order valence-corrected chi connectivity index (χ0v) is 22.6. The second-order valence-corrected chi connectivity index (χ2v) is 9.27. The van der Waals surface area contributed by atoms with Crippen LogP contribution in [-0.2, 0) is 9.59 Å². The second kappa shape index (κ2) is 12.2. The fraction of sp³-hybridized carbons (Fsp3) is 0.179. The topological polar surface area (TPSA) is 100 Å². The van der Waals surface area contributed by atoms with Gasteiger partial charge in [-0.3, -0.25) is 9.59 Å². The Kier molecular flexibility index (Phi) is 9.08. The number of para-hydroxylation sites is 1. The lowest BCUT2D eigenvalue weighted by atomic mass is 10.1. The molecule has 0 aliphatic carbocycles. The highest BCUT2D eigenvalue weighted by molar-refractivity contribution is 14.1. The van der Waals surface area contributed by atoms with Gasteiger partial charge >= 0.3 is 0 Å². The molecular weight excluding hydrogens is 569 g/mol. The quantitative estimate of drug-likeness (QED) is 0.195. The standard InChI is InChI=1S/C28H26IN3O4/c1-17-9-10-22(11-19(17)3)31-26(33)16-36-27-23(29)13-20(14-25(27)35-4)12-21(15-30)28(34)32-24-8-6-5-7-18(24)2/h5-14H,16H2,1-4H3,(H,31,33)(H,32,34)/b21-12-. The van der Waals surface area contributed by atoms with E-state index >= 15 is 0 Å². The highest BCUT2D eigenvalue weighted by atomic mass is 127. The molecule has 0 unspecified atom stereocenters. The Balaban J connectivity index is 1.74. The van der Waals surface area contributed by atoms with Crippen molar-refractivity contribution in [3.05, 3.63) is 86.0 Å². The van der Waals surface area contributed by atoms with Gasteiger partial charge in [-0.25, -0.2) is 0 Å². The van der Waals surface area contributed by atoms with Crippen LogP contribution in [0.3, 0.4) is 0 Å². The van der Waals surface area contributed by atoms with Crippen LogP contribution in [0.4, 0.5) is 11.4 Å². The number of halogens is 1. The van der Waals surface area contributed by atoms with E-state index in [1.807, 2.05) is 63.2 Å². The third-order valence-electron chi connectivity index (χ3n) is 5.46. The highest BCUT2D eigenvalue weighted by Crippen LogP contribution is 2.34.